The molecular weight excluding hydrogens is 138 g/mol. The van der Waals surface area contributed by atoms with Crippen molar-refractivity contribution in [3.05, 3.63) is 12.2 Å². The van der Waals surface area contributed by atoms with E-state index in [1.165, 1.54) is 0 Å². The van der Waals surface area contributed by atoms with E-state index >= 15 is 0 Å². The largest absolute Gasteiger partial charge is 0.377 e. The second kappa shape index (κ2) is 5.33. The molecule has 0 aliphatic heterocycles. The van der Waals surface area contributed by atoms with E-state index in [9.17, 15) is 0 Å². The molecule has 0 rings (SSSR count). The summed E-state index contributed by atoms with van der Waals surface area (Å²) in [6, 6.07) is 0.289. The molecule has 2 heteroatoms. The van der Waals surface area contributed by atoms with Crippen molar-refractivity contribution in [2.75, 3.05) is 13.7 Å². The average Bonchev–Trinajstić information content (AvgIpc) is 1.87. The molecule has 0 radical (unpaired) electrons. The van der Waals surface area contributed by atoms with Gasteiger partial charge in [-0.15, -0.1) is 0 Å². The van der Waals surface area contributed by atoms with Gasteiger partial charge < -0.3 is 10.1 Å². The first-order valence-electron chi connectivity index (χ1n) is 4.02. The highest BCUT2D eigenvalue weighted by molar-refractivity contribution is 5.00. The molecule has 0 fully saturated rings. The Kier molecular flexibility index (Phi) is 5.16. The molecule has 0 aromatic carbocycles. The third-order valence-corrected chi connectivity index (χ3v) is 1.54. The van der Waals surface area contributed by atoms with Gasteiger partial charge >= 0.3 is 0 Å². The van der Waals surface area contributed by atoms with Crippen LogP contribution in [0.2, 0.25) is 0 Å². The highest BCUT2D eigenvalue weighted by Crippen LogP contribution is 1.99. The highest BCUT2D eigenvalue weighted by Gasteiger charge is 2.06. The molecule has 11 heavy (non-hydrogen) atoms. The van der Waals surface area contributed by atoms with E-state index in [4.69, 9.17) is 4.74 Å². The van der Waals surface area contributed by atoms with Gasteiger partial charge in [-0.3, -0.25) is 0 Å². The van der Waals surface area contributed by atoms with E-state index in [1.54, 1.807) is 0 Å². The van der Waals surface area contributed by atoms with Gasteiger partial charge in [0.15, 0.2) is 0 Å². The summed E-state index contributed by atoms with van der Waals surface area (Å²) >= 11 is 0. The van der Waals surface area contributed by atoms with Crippen molar-refractivity contribution < 1.29 is 4.74 Å². The van der Waals surface area contributed by atoms with Crippen LogP contribution in [0.3, 0.4) is 0 Å². The summed E-state index contributed by atoms with van der Waals surface area (Å²) in [5.41, 5.74) is 1.12. The fourth-order valence-electron chi connectivity index (χ4n) is 0.761. The maximum atomic E-state index is 5.43. The van der Waals surface area contributed by atoms with Crippen LogP contribution >= 0.6 is 0 Å². The van der Waals surface area contributed by atoms with E-state index < -0.39 is 0 Å². The summed E-state index contributed by atoms with van der Waals surface area (Å²) in [4.78, 5) is 0. The van der Waals surface area contributed by atoms with Crippen LogP contribution in [0.15, 0.2) is 12.2 Å². The SMILES string of the molecule is C=C(C)C(COC(C)C)NC. The van der Waals surface area contributed by atoms with Crippen molar-refractivity contribution in [1.82, 2.24) is 5.32 Å². The molecule has 0 saturated carbocycles. The molecule has 1 atom stereocenters. The predicted octanol–water partition coefficient (Wildman–Crippen LogP) is 1.58. The fraction of sp³-hybridized carbons (Fsp3) is 0.778. The molecule has 0 bridgehead atoms. The van der Waals surface area contributed by atoms with Gasteiger partial charge in [0.2, 0.25) is 0 Å². The molecule has 0 spiro atoms. The summed E-state index contributed by atoms with van der Waals surface area (Å²) in [5, 5.41) is 3.13. The van der Waals surface area contributed by atoms with Crippen molar-refractivity contribution in [2.24, 2.45) is 0 Å². The quantitative estimate of drug-likeness (QED) is 0.612. The number of nitrogens with one attached hydrogen (secondary N) is 1. The molecule has 66 valence electrons. The molecule has 0 aromatic heterocycles. The van der Waals surface area contributed by atoms with Gasteiger partial charge in [0.1, 0.15) is 0 Å². The Bertz CT molecular complexity index is 121. The molecule has 2 nitrogen and oxygen atoms in total. The Hall–Kier alpha value is -0.340. The minimum Gasteiger partial charge on any atom is -0.377 e. The van der Waals surface area contributed by atoms with Crippen LogP contribution in [0.5, 0.6) is 0 Å². The van der Waals surface area contributed by atoms with E-state index in [-0.39, 0.29) is 6.04 Å². The Balaban J connectivity index is 3.61. The smallest absolute Gasteiger partial charge is 0.0661 e. The van der Waals surface area contributed by atoms with Crippen molar-refractivity contribution >= 4 is 0 Å². The topological polar surface area (TPSA) is 21.3 Å². The first kappa shape index (κ1) is 10.7. The monoisotopic (exact) mass is 157 g/mol. The van der Waals surface area contributed by atoms with Crippen LogP contribution in [-0.4, -0.2) is 25.8 Å². The van der Waals surface area contributed by atoms with E-state index in [2.05, 4.69) is 11.9 Å². The second-order valence-electron chi connectivity index (χ2n) is 3.07. The number of ether oxygens (including phenoxy) is 1. The van der Waals surface area contributed by atoms with E-state index in [1.807, 2.05) is 27.8 Å². The molecule has 0 aliphatic rings. The van der Waals surface area contributed by atoms with Gasteiger partial charge in [-0.2, -0.15) is 0 Å². The zero-order valence-electron chi connectivity index (χ0n) is 7.98. The second-order valence-corrected chi connectivity index (χ2v) is 3.07. The minimum atomic E-state index is 0.289. The standard InChI is InChI=1S/C9H19NO/c1-7(2)9(10-5)6-11-8(3)4/h8-10H,1,6H2,2-5H3. The van der Waals surface area contributed by atoms with E-state index in [0.717, 1.165) is 5.57 Å². The van der Waals surface area contributed by atoms with Crippen LogP contribution in [0.25, 0.3) is 0 Å². The van der Waals surface area contributed by atoms with Gasteiger partial charge in [0, 0.05) is 0 Å². The normalized spacial score (nSPS) is 13.5. The number of rotatable bonds is 5. The lowest BCUT2D eigenvalue weighted by Crippen LogP contribution is -2.32. The first-order chi connectivity index (χ1) is 5.07. The molecule has 0 aromatic rings. The zero-order chi connectivity index (χ0) is 8.85. The zero-order valence-corrected chi connectivity index (χ0v) is 7.98. The maximum Gasteiger partial charge on any atom is 0.0661 e. The highest BCUT2D eigenvalue weighted by atomic mass is 16.5. The molecule has 0 aliphatic carbocycles. The Morgan fingerprint density at radius 2 is 2.09 bits per heavy atom. The Morgan fingerprint density at radius 1 is 1.55 bits per heavy atom. The lowest BCUT2D eigenvalue weighted by atomic mass is 10.2. The van der Waals surface area contributed by atoms with Crippen LogP contribution in [0.1, 0.15) is 20.8 Å². The van der Waals surface area contributed by atoms with Crippen molar-refractivity contribution in [2.45, 2.75) is 32.9 Å². The van der Waals surface area contributed by atoms with Crippen molar-refractivity contribution in [3.8, 4) is 0 Å². The third-order valence-electron chi connectivity index (χ3n) is 1.54. The fourth-order valence-corrected chi connectivity index (χ4v) is 0.761. The lowest BCUT2D eigenvalue weighted by Gasteiger charge is -2.17. The van der Waals surface area contributed by atoms with Gasteiger partial charge in [-0.25, -0.2) is 0 Å². The number of likely N-dealkylation sites (N-methyl/N-ethyl adjacent to an activating group) is 1. The number of hydrogen-bond donors (Lipinski definition) is 1. The van der Waals surface area contributed by atoms with Crippen LogP contribution in [-0.2, 0) is 4.74 Å². The van der Waals surface area contributed by atoms with Gasteiger partial charge in [-0.1, -0.05) is 12.2 Å². The van der Waals surface area contributed by atoms with E-state index in [0.29, 0.717) is 12.7 Å². The average molecular weight is 157 g/mol. The molecule has 0 amide bonds. The summed E-state index contributed by atoms with van der Waals surface area (Å²) in [6.45, 7) is 10.6. The van der Waals surface area contributed by atoms with Crippen molar-refractivity contribution in [1.29, 1.82) is 0 Å². The molecule has 1 unspecified atom stereocenters. The Labute approximate surface area is 69.6 Å². The predicted molar refractivity (Wildman–Crippen MR) is 48.7 cm³/mol. The molecule has 0 saturated heterocycles. The first-order valence-corrected chi connectivity index (χ1v) is 4.02. The number of hydrogen-bond acceptors (Lipinski definition) is 2. The van der Waals surface area contributed by atoms with Gasteiger partial charge in [0.25, 0.3) is 0 Å². The third kappa shape index (κ3) is 4.99. The van der Waals surface area contributed by atoms with Crippen LogP contribution in [0, 0.1) is 0 Å². The summed E-state index contributed by atoms with van der Waals surface area (Å²) < 4.78 is 5.43. The molecule has 1 N–H and O–H groups in total. The minimum absolute atomic E-state index is 0.289. The summed E-state index contributed by atoms with van der Waals surface area (Å²) in [7, 11) is 1.92. The lowest BCUT2D eigenvalue weighted by molar-refractivity contribution is 0.0690. The maximum absolute atomic E-state index is 5.43. The molecular formula is C9H19NO. The van der Waals surface area contributed by atoms with Crippen LogP contribution < -0.4 is 5.32 Å². The summed E-state index contributed by atoms with van der Waals surface area (Å²) in [5.74, 6) is 0. The van der Waals surface area contributed by atoms with Crippen molar-refractivity contribution in [3.63, 3.8) is 0 Å². The van der Waals surface area contributed by atoms with Crippen LogP contribution in [0.4, 0.5) is 0 Å². The molecule has 0 heterocycles. The Morgan fingerprint density at radius 3 is 2.36 bits per heavy atom. The van der Waals surface area contributed by atoms with Gasteiger partial charge in [0.05, 0.1) is 18.8 Å². The van der Waals surface area contributed by atoms with Gasteiger partial charge in [-0.05, 0) is 27.8 Å². The summed E-state index contributed by atoms with van der Waals surface area (Å²) in [6.07, 6.45) is 0.296.